The van der Waals surface area contributed by atoms with Crippen molar-refractivity contribution in [3.8, 4) is 0 Å². The number of rotatable bonds is 0. The van der Waals surface area contributed by atoms with Crippen LogP contribution < -0.4 is 5.32 Å². The zero-order chi connectivity index (χ0) is 16.9. The molecule has 1 unspecified atom stereocenters. The van der Waals surface area contributed by atoms with Crippen LogP contribution in [0.1, 0.15) is 109 Å². The Balaban J connectivity index is 2.01. The molecule has 0 saturated carbocycles. The summed E-state index contributed by atoms with van der Waals surface area (Å²) in [4.78, 5) is 12.6. The van der Waals surface area contributed by atoms with E-state index in [1.165, 1.54) is 89.9 Å². The van der Waals surface area contributed by atoms with Crippen molar-refractivity contribution in [2.45, 2.75) is 109 Å². The van der Waals surface area contributed by atoms with Crippen LogP contribution in [0.25, 0.3) is 0 Å². The van der Waals surface area contributed by atoms with E-state index in [1.807, 2.05) is 0 Å². The van der Waals surface area contributed by atoms with Crippen molar-refractivity contribution in [2.24, 2.45) is 5.92 Å². The van der Waals surface area contributed by atoms with E-state index in [0.29, 0.717) is 0 Å². The van der Waals surface area contributed by atoms with Crippen LogP contribution in [0.15, 0.2) is 11.6 Å². The van der Waals surface area contributed by atoms with Gasteiger partial charge in [0.1, 0.15) is 0 Å². The highest BCUT2D eigenvalue weighted by atomic mass is 16.1. The van der Waals surface area contributed by atoms with Crippen molar-refractivity contribution in [1.29, 1.82) is 0 Å². The summed E-state index contributed by atoms with van der Waals surface area (Å²) in [7, 11) is 0. The molecule has 0 radical (unpaired) electrons. The lowest BCUT2D eigenvalue weighted by atomic mass is 9.87. The highest BCUT2D eigenvalue weighted by Gasteiger charge is 2.17. The largest absolute Gasteiger partial charge is 0.352 e. The molecule has 1 amide bonds. The summed E-state index contributed by atoms with van der Waals surface area (Å²) < 4.78 is 0. The maximum atomic E-state index is 12.6. The first-order chi connectivity index (χ1) is 11.9. The van der Waals surface area contributed by atoms with Gasteiger partial charge in [0, 0.05) is 12.1 Å². The summed E-state index contributed by atoms with van der Waals surface area (Å²) in [5.74, 6) is 0.956. The Morgan fingerprint density at radius 2 is 1.25 bits per heavy atom. The second-order valence-electron chi connectivity index (χ2n) is 8.02. The number of hydrogen-bond acceptors (Lipinski definition) is 1. The molecule has 1 heterocycles. The molecule has 0 aromatic heterocycles. The SMILES string of the molecule is O=C1NCCCCCCCC2CCCCCCCCCC/C=C/1C2. The van der Waals surface area contributed by atoms with Gasteiger partial charge in [-0.1, -0.05) is 89.5 Å². The predicted octanol–water partition coefficient (Wildman–Crippen LogP) is 6.30. The third-order valence-electron chi connectivity index (χ3n) is 5.83. The first kappa shape index (κ1) is 19.5. The van der Waals surface area contributed by atoms with Gasteiger partial charge in [-0.25, -0.2) is 0 Å². The minimum absolute atomic E-state index is 0.229. The molecule has 0 aromatic carbocycles. The standard InChI is InChI=1S/C22H39NO/c24-22-21-17-13-9-5-3-1-2-4-7-11-15-20(19-21)16-12-8-6-10-14-18-23-22/h17,20H,1-16,18-19H2,(H,23,24)/b21-17+. The van der Waals surface area contributed by atoms with Gasteiger partial charge in [0.2, 0.25) is 5.91 Å². The van der Waals surface area contributed by atoms with Gasteiger partial charge in [0.15, 0.2) is 0 Å². The maximum Gasteiger partial charge on any atom is 0.246 e. The molecule has 0 aromatic rings. The number of hydrogen-bond donors (Lipinski definition) is 1. The van der Waals surface area contributed by atoms with E-state index >= 15 is 0 Å². The van der Waals surface area contributed by atoms with Crippen molar-refractivity contribution >= 4 is 5.91 Å². The molecule has 24 heavy (non-hydrogen) atoms. The monoisotopic (exact) mass is 333 g/mol. The zero-order valence-electron chi connectivity index (χ0n) is 15.8. The Morgan fingerprint density at radius 3 is 1.92 bits per heavy atom. The van der Waals surface area contributed by atoms with E-state index < -0.39 is 0 Å². The highest BCUT2D eigenvalue weighted by molar-refractivity contribution is 5.93. The van der Waals surface area contributed by atoms with Gasteiger partial charge in [-0.2, -0.15) is 0 Å². The van der Waals surface area contributed by atoms with Gasteiger partial charge in [0.05, 0.1) is 0 Å². The molecule has 1 saturated heterocycles. The molecule has 1 aliphatic carbocycles. The number of allylic oxidation sites excluding steroid dienone is 1. The average molecular weight is 334 g/mol. The predicted molar refractivity (Wildman–Crippen MR) is 103 cm³/mol. The van der Waals surface area contributed by atoms with E-state index in [0.717, 1.165) is 37.3 Å². The molecule has 2 rings (SSSR count). The fraction of sp³-hybridized carbons (Fsp3) is 0.864. The number of amides is 1. The van der Waals surface area contributed by atoms with Crippen LogP contribution in [-0.2, 0) is 4.79 Å². The third kappa shape index (κ3) is 8.35. The molecule has 2 nitrogen and oxygen atoms in total. The van der Waals surface area contributed by atoms with Crippen molar-refractivity contribution in [3.63, 3.8) is 0 Å². The molecular weight excluding hydrogens is 294 g/mol. The Morgan fingerprint density at radius 1 is 0.708 bits per heavy atom. The van der Waals surface area contributed by atoms with Crippen molar-refractivity contribution in [3.05, 3.63) is 11.6 Å². The Hall–Kier alpha value is -0.790. The van der Waals surface area contributed by atoms with Gasteiger partial charge in [-0.3, -0.25) is 4.79 Å². The second-order valence-corrected chi connectivity index (χ2v) is 8.02. The van der Waals surface area contributed by atoms with Crippen LogP contribution in [0.2, 0.25) is 0 Å². The van der Waals surface area contributed by atoms with Crippen molar-refractivity contribution in [2.75, 3.05) is 6.54 Å². The topological polar surface area (TPSA) is 29.1 Å². The van der Waals surface area contributed by atoms with Crippen molar-refractivity contribution in [1.82, 2.24) is 5.32 Å². The Kier molecular flexibility index (Phi) is 10.2. The number of carbonyl (C=O) groups is 1. The van der Waals surface area contributed by atoms with Crippen LogP contribution in [0, 0.1) is 5.92 Å². The van der Waals surface area contributed by atoms with Crippen molar-refractivity contribution < 1.29 is 4.79 Å². The number of nitrogens with one attached hydrogen (secondary N) is 1. The van der Waals surface area contributed by atoms with Gasteiger partial charge in [-0.05, 0) is 31.6 Å². The van der Waals surface area contributed by atoms with Crippen LogP contribution >= 0.6 is 0 Å². The van der Waals surface area contributed by atoms with Gasteiger partial charge in [0.25, 0.3) is 0 Å². The molecular formula is C22H39NO. The Labute approximate surface area is 149 Å². The zero-order valence-corrected chi connectivity index (χ0v) is 15.8. The fourth-order valence-corrected chi connectivity index (χ4v) is 4.25. The molecule has 0 spiro atoms. The third-order valence-corrected chi connectivity index (χ3v) is 5.83. The molecule has 138 valence electrons. The van der Waals surface area contributed by atoms with Crippen LogP contribution in [0.5, 0.6) is 0 Å². The lowest BCUT2D eigenvalue weighted by Gasteiger charge is -2.20. The normalized spacial score (nSPS) is 29.1. The molecule has 1 fully saturated rings. The van der Waals surface area contributed by atoms with E-state index in [2.05, 4.69) is 11.4 Å². The summed E-state index contributed by atoms with van der Waals surface area (Å²) >= 11 is 0. The average Bonchev–Trinajstić information content (AvgIpc) is 2.58. The van der Waals surface area contributed by atoms with Crippen LogP contribution in [-0.4, -0.2) is 12.5 Å². The molecule has 1 N–H and O–H groups in total. The van der Waals surface area contributed by atoms with Crippen LogP contribution in [0.4, 0.5) is 0 Å². The number of fused-ring (bicyclic) bond motifs is 2. The van der Waals surface area contributed by atoms with E-state index in [4.69, 9.17) is 0 Å². The first-order valence-electron chi connectivity index (χ1n) is 10.8. The Bertz CT molecular complexity index is 374. The summed E-state index contributed by atoms with van der Waals surface area (Å²) in [5.41, 5.74) is 1.10. The lowest BCUT2D eigenvalue weighted by Crippen LogP contribution is -2.27. The smallest absolute Gasteiger partial charge is 0.246 e. The minimum Gasteiger partial charge on any atom is -0.352 e. The summed E-state index contributed by atoms with van der Waals surface area (Å²) in [6.45, 7) is 0.862. The first-order valence-corrected chi connectivity index (χ1v) is 10.8. The quantitative estimate of drug-likeness (QED) is 0.553. The number of carbonyl (C=O) groups excluding carboxylic acids is 1. The van der Waals surface area contributed by atoms with Gasteiger partial charge < -0.3 is 5.32 Å². The maximum absolute atomic E-state index is 12.6. The van der Waals surface area contributed by atoms with E-state index in [-0.39, 0.29) is 5.91 Å². The summed E-state index contributed by atoms with van der Waals surface area (Å²) in [6.07, 6.45) is 24.5. The molecule has 2 heteroatoms. The molecule has 1 aliphatic heterocycles. The van der Waals surface area contributed by atoms with Crippen LogP contribution in [0.3, 0.4) is 0 Å². The van der Waals surface area contributed by atoms with E-state index in [9.17, 15) is 4.79 Å². The lowest BCUT2D eigenvalue weighted by molar-refractivity contribution is -0.117. The molecule has 2 aliphatic rings. The van der Waals surface area contributed by atoms with Gasteiger partial charge in [-0.15, -0.1) is 0 Å². The summed E-state index contributed by atoms with van der Waals surface area (Å²) in [6, 6.07) is 0. The van der Waals surface area contributed by atoms with E-state index in [1.54, 1.807) is 0 Å². The fourth-order valence-electron chi connectivity index (χ4n) is 4.25. The molecule has 1 atom stereocenters. The van der Waals surface area contributed by atoms with Gasteiger partial charge >= 0.3 is 0 Å². The highest BCUT2D eigenvalue weighted by Crippen LogP contribution is 2.26. The minimum atomic E-state index is 0.229. The molecule has 2 bridgehead atoms. The second kappa shape index (κ2) is 12.6. The summed E-state index contributed by atoms with van der Waals surface area (Å²) in [5, 5.41) is 3.18.